The first-order chi connectivity index (χ1) is 13.0. The maximum Gasteiger partial charge on any atom is 0.254 e. The summed E-state index contributed by atoms with van der Waals surface area (Å²) >= 11 is 0. The van der Waals surface area contributed by atoms with Crippen molar-refractivity contribution in [3.05, 3.63) is 42.0 Å². The zero-order valence-electron chi connectivity index (χ0n) is 14.9. The number of aryl methyl sites for hydroxylation is 1. The van der Waals surface area contributed by atoms with Gasteiger partial charge in [0.25, 0.3) is 5.91 Å². The van der Waals surface area contributed by atoms with E-state index in [1.807, 2.05) is 0 Å². The smallest absolute Gasteiger partial charge is 0.254 e. The highest BCUT2D eigenvalue weighted by Gasteiger charge is 2.22. The Morgan fingerprint density at radius 1 is 1.22 bits per heavy atom. The standard InChI is InChI=1S/C19H20FN5O2/c1-25-15-4-2-3-14(20)16(15)17(24-25)18-21-9-11(10-22-18)19(27)23-12-5-7-13(26)8-6-12/h2-4,9-10,12-13,26H,5-8H2,1H3,(H,23,27). The van der Waals surface area contributed by atoms with Crippen LogP contribution in [0.25, 0.3) is 22.4 Å². The summed E-state index contributed by atoms with van der Waals surface area (Å²) in [5, 5.41) is 17.2. The Morgan fingerprint density at radius 2 is 1.93 bits per heavy atom. The maximum atomic E-state index is 14.3. The summed E-state index contributed by atoms with van der Waals surface area (Å²) in [5.41, 5.74) is 1.33. The Hall–Kier alpha value is -2.87. The van der Waals surface area contributed by atoms with Crippen molar-refractivity contribution < 1.29 is 14.3 Å². The number of benzene rings is 1. The third-order valence-electron chi connectivity index (χ3n) is 4.98. The second-order valence-electron chi connectivity index (χ2n) is 6.88. The van der Waals surface area contributed by atoms with Crippen molar-refractivity contribution in [1.82, 2.24) is 25.1 Å². The fourth-order valence-corrected chi connectivity index (χ4v) is 3.48. The molecule has 0 atom stereocenters. The van der Waals surface area contributed by atoms with E-state index < -0.39 is 0 Å². The molecule has 8 heteroatoms. The molecule has 2 N–H and O–H groups in total. The number of hydrogen-bond acceptors (Lipinski definition) is 5. The zero-order chi connectivity index (χ0) is 19.0. The molecule has 3 aromatic rings. The van der Waals surface area contributed by atoms with Crippen molar-refractivity contribution in [2.75, 3.05) is 0 Å². The van der Waals surface area contributed by atoms with Gasteiger partial charge in [-0.25, -0.2) is 14.4 Å². The molecule has 0 spiro atoms. The van der Waals surface area contributed by atoms with Crippen molar-refractivity contribution in [2.24, 2.45) is 7.05 Å². The van der Waals surface area contributed by atoms with Gasteiger partial charge in [0.15, 0.2) is 5.82 Å². The van der Waals surface area contributed by atoms with Crippen LogP contribution in [0.2, 0.25) is 0 Å². The quantitative estimate of drug-likeness (QED) is 0.738. The zero-order valence-corrected chi connectivity index (χ0v) is 14.9. The number of nitrogens with zero attached hydrogens (tertiary/aromatic N) is 4. The number of halogens is 1. The summed E-state index contributed by atoms with van der Waals surface area (Å²) in [6, 6.07) is 4.82. The van der Waals surface area contributed by atoms with Gasteiger partial charge in [-0.05, 0) is 37.8 Å². The van der Waals surface area contributed by atoms with Crippen molar-refractivity contribution in [3.63, 3.8) is 0 Å². The molecule has 1 aromatic carbocycles. The number of aromatic nitrogens is 4. The molecule has 140 valence electrons. The van der Waals surface area contributed by atoms with Gasteiger partial charge in [0.05, 0.1) is 22.6 Å². The summed E-state index contributed by atoms with van der Waals surface area (Å²) in [5.74, 6) is -0.372. The van der Waals surface area contributed by atoms with E-state index in [1.54, 1.807) is 23.9 Å². The van der Waals surface area contributed by atoms with Crippen LogP contribution in [-0.4, -0.2) is 42.9 Å². The second kappa shape index (κ2) is 7.03. The average Bonchev–Trinajstić information content (AvgIpc) is 3.02. The highest BCUT2D eigenvalue weighted by molar-refractivity contribution is 5.95. The first-order valence-electron chi connectivity index (χ1n) is 8.95. The summed E-state index contributed by atoms with van der Waals surface area (Å²) in [6.45, 7) is 0. The Bertz CT molecular complexity index is 978. The molecular weight excluding hydrogens is 349 g/mol. The van der Waals surface area contributed by atoms with Crippen molar-refractivity contribution in [2.45, 2.75) is 37.8 Å². The van der Waals surface area contributed by atoms with E-state index in [1.165, 1.54) is 18.5 Å². The minimum absolute atomic E-state index is 0.0504. The Kier molecular flexibility index (Phi) is 4.57. The molecule has 4 rings (SSSR count). The maximum absolute atomic E-state index is 14.3. The topological polar surface area (TPSA) is 92.9 Å². The molecule has 1 amide bonds. The van der Waals surface area contributed by atoms with Crippen LogP contribution in [0.5, 0.6) is 0 Å². The van der Waals surface area contributed by atoms with Crippen LogP contribution in [0.4, 0.5) is 4.39 Å². The number of rotatable bonds is 3. The van der Waals surface area contributed by atoms with Crippen LogP contribution in [0.15, 0.2) is 30.6 Å². The minimum atomic E-state index is -0.388. The van der Waals surface area contributed by atoms with Gasteiger partial charge in [0, 0.05) is 25.5 Å². The lowest BCUT2D eigenvalue weighted by atomic mass is 9.93. The molecule has 0 unspecified atom stereocenters. The number of fused-ring (bicyclic) bond motifs is 1. The van der Waals surface area contributed by atoms with Crippen LogP contribution in [0.1, 0.15) is 36.0 Å². The summed E-state index contributed by atoms with van der Waals surface area (Å²) < 4.78 is 15.8. The number of aliphatic hydroxyl groups excluding tert-OH is 1. The number of hydrogen-bond donors (Lipinski definition) is 2. The van der Waals surface area contributed by atoms with Gasteiger partial charge >= 0.3 is 0 Å². The predicted octanol–water partition coefficient (Wildman–Crippen LogP) is 2.20. The van der Waals surface area contributed by atoms with Crippen LogP contribution >= 0.6 is 0 Å². The lowest BCUT2D eigenvalue weighted by Crippen LogP contribution is -2.38. The monoisotopic (exact) mass is 369 g/mol. The third kappa shape index (κ3) is 3.40. The highest BCUT2D eigenvalue weighted by atomic mass is 19.1. The number of nitrogens with one attached hydrogen (secondary N) is 1. The van der Waals surface area contributed by atoms with Crippen LogP contribution in [0.3, 0.4) is 0 Å². The fraction of sp³-hybridized carbons (Fsp3) is 0.368. The minimum Gasteiger partial charge on any atom is -0.393 e. The largest absolute Gasteiger partial charge is 0.393 e. The molecule has 1 saturated carbocycles. The normalized spacial score (nSPS) is 20.0. The van der Waals surface area contributed by atoms with Crippen molar-refractivity contribution in [1.29, 1.82) is 0 Å². The molecule has 7 nitrogen and oxygen atoms in total. The molecule has 1 fully saturated rings. The molecule has 1 aliphatic carbocycles. The molecule has 0 bridgehead atoms. The number of carbonyl (C=O) groups is 1. The third-order valence-corrected chi connectivity index (χ3v) is 4.98. The molecule has 0 saturated heterocycles. The lowest BCUT2D eigenvalue weighted by Gasteiger charge is -2.26. The highest BCUT2D eigenvalue weighted by Crippen LogP contribution is 2.27. The van der Waals surface area contributed by atoms with Crippen LogP contribution in [0, 0.1) is 5.82 Å². The van der Waals surface area contributed by atoms with E-state index in [9.17, 15) is 14.3 Å². The van der Waals surface area contributed by atoms with Gasteiger partial charge in [0.1, 0.15) is 11.5 Å². The van der Waals surface area contributed by atoms with E-state index in [4.69, 9.17) is 0 Å². The van der Waals surface area contributed by atoms with E-state index in [-0.39, 0.29) is 29.7 Å². The Morgan fingerprint density at radius 3 is 2.63 bits per heavy atom. The summed E-state index contributed by atoms with van der Waals surface area (Å²) in [4.78, 5) is 20.8. The van der Waals surface area contributed by atoms with Crippen molar-refractivity contribution in [3.8, 4) is 11.5 Å². The van der Waals surface area contributed by atoms with Gasteiger partial charge in [-0.2, -0.15) is 5.10 Å². The van der Waals surface area contributed by atoms with Gasteiger partial charge < -0.3 is 10.4 Å². The number of amides is 1. The molecule has 0 radical (unpaired) electrons. The van der Waals surface area contributed by atoms with Crippen LogP contribution in [-0.2, 0) is 7.05 Å². The van der Waals surface area contributed by atoms with Crippen molar-refractivity contribution >= 4 is 16.8 Å². The molecular formula is C19H20FN5O2. The van der Waals surface area contributed by atoms with E-state index in [0.717, 1.165) is 12.8 Å². The second-order valence-corrected chi connectivity index (χ2v) is 6.88. The SMILES string of the molecule is Cn1nc(-c2ncc(C(=O)NC3CCC(O)CC3)cn2)c2c(F)cccc21. The molecule has 2 aromatic heterocycles. The summed E-state index contributed by atoms with van der Waals surface area (Å²) in [7, 11) is 1.73. The van der Waals surface area contributed by atoms with Gasteiger partial charge in [-0.1, -0.05) is 6.07 Å². The lowest BCUT2D eigenvalue weighted by molar-refractivity contribution is 0.0867. The molecule has 27 heavy (non-hydrogen) atoms. The number of carbonyl (C=O) groups excluding carboxylic acids is 1. The predicted molar refractivity (Wildman–Crippen MR) is 97.4 cm³/mol. The van der Waals surface area contributed by atoms with Gasteiger partial charge in [0.2, 0.25) is 0 Å². The van der Waals surface area contributed by atoms with E-state index >= 15 is 0 Å². The van der Waals surface area contributed by atoms with Crippen LogP contribution < -0.4 is 5.32 Å². The Labute approximate surface area is 155 Å². The van der Waals surface area contributed by atoms with E-state index in [2.05, 4.69) is 20.4 Å². The van der Waals surface area contributed by atoms with Gasteiger partial charge in [-0.3, -0.25) is 9.48 Å². The Balaban J connectivity index is 1.55. The van der Waals surface area contributed by atoms with E-state index in [0.29, 0.717) is 35.0 Å². The average molecular weight is 369 g/mol. The summed E-state index contributed by atoms with van der Waals surface area (Å²) in [6.07, 6.45) is 5.48. The van der Waals surface area contributed by atoms with Gasteiger partial charge in [-0.15, -0.1) is 0 Å². The first-order valence-corrected chi connectivity index (χ1v) is 8.95. The fourth-order valence-electron chi connectivity index (χ4n) is 3.48. The first kappa shape index (κ1) is 17.5. The number of aliphatic hydroxyl groups is 1. The molecule has 0 aliphatic heterocycles. The molecule has 2 heterocycles. The molecule has 1 aliphatic rings.